The number of halogens is 1. The van der Waals surface area contributed by atoms with E-state index in [1.165, 1.54) is 12.1 Å². The van der Waals surface area contributed by atoms with Crippen LogP contribution in [0.4, 0.5) is 10.1 Å². The van der Waals surface area contributed by atoms with Gasteiger partial charge in [-0.15, -0.1) is 0 Å². The fraction of sp³-hybridized carbons (Fsp3) is 0.222. The fourth-order valence-corrected chi connectivity index (χ4v) is 5.99. The average Bonchev–Trinajstić information content (AvgIpc) is 3.38. The number of carbonyl (C=O) groups excluding carboxylic acids is 2. The van der Waals surface area contributed by atoms with Gasteiger partial charge in [0.2, 0.25) is 0 Å². The SMILES string of the molecule is CCN(c1cc2oc(-c3ccc(Oc4cccc(F)c4)cc3)c(C(=O)NC)c2cc1-c1cccc(C(=O)NC(C)(C)C)c1)S(C)=O. The van der Waals surface area contributed by atoms with E-state index in [1.54, 1.807) is 78.3 Å². The molecule has 0 aliphatic rings. The Morgan fingerprint density at radius 1 is 0.913 bits per heavy atom. The van der Waals surface area contributed by atoms with Crippen LogP contribution in [0.3, 0.4) is 0 Å². The topological polar surface area (TPSA) is 101 Å². The molecule has 1 aromatic heterocycles. The molecule has 0 aliphatic heterocycles. The van der Waals surface area contributed by atoms with E-state index in [2.05, 4.69) is 10.6 Å². The van der Waals surface area contributed by atoms with Gasteiger partial charge in [-0.05, 0) is 87.9 Å². The van der Waals surface area contributed by atoms with Gasteiger partial charge in [-0.2, -0.15) is 0 Å². The first-order valence-electron chi connectivity index (χ1n) is 14.8. The van der Waals surface area contributed by atoms with Gasteiger partial charge in [0, 0.05) is 59.6 Å². The Hall–Kier alpha value is -4.96. The van der Waals surface area contributed by atoms with Crippen molar-refractivity contribution in [2.45, 2.75) is 33.2 Å². The van der Waals surface area contributed by atoms with Gasteiger partial charge in [0.15, 0.2) is 0 Å². The van der Waals surface area contributed by atoms with E-state index in [0.29, 0.717) is 68.3 Å². The van der Waals surface area contributed by atoms with Crippen molar-refractivity contribution < 1.29 is 27.3 Å². The van der Waals surface area contributed by atoms with Gasteiger partial charge in [0.05, 0.1) is 11.3 Å². The average molecular weight is 642 g/mol. The summed E-state index contributed by atoms with van der Waals surface area (Å²) in [5.74, 6) is 0.210. The van der Waals surface area contributed by atoms with Crippen LogP contribution < -0.4 is 19.7 Å². The molecule has 46 heavy (non-hydrogen) atoms. The highest BCUT2D eigenvalue weighted by Crippen LogP contribution is 2.42. The summed E-state index contributed by atoms with van der Waals surface area (Å²) in [4.78, 5) is 26.4. The minimum atomic E-state index is -1.38. The molecule has 10 heteroatoms. The highest BCUT2D eigenvalue weighted by atomic mass is 32.2. The molecule has 238 valence electrons. The van der Waals surface area contributed by atoms with E-state index in [-0.39, 0.29) is 11.8 Å². The number of hydrogen-bond donors (Lipinski definition) is 2. The van der Waals surface area contributed by atoms with Crippen molar-refractivity contribution in [1.82, 2.24) is 10.6 Å². The zero-order chi connectivity index (χ0) is 33.2. The maximum atomic E-state index is 13.6. The summed E-state index contributed by atoms with van der Waals surface area (Å²) in [6.07, 6.45) is 1.60. The summed E-state index contributed by atoms with van der Waals surface area (Å²) in [5, 5.41) is 6.26. The minimum absolute atomic E-state index is 0.218. The van der Waals surface area contributed by atoms with Gasteiger partial charge in [-0.1, -0.05) is 18.2 Å². The van der Waals surface area contributed by atoms with Gasteiger partial charge >= 0.3 is 0 Å². The number of amides is 2. The molecule has 1 atom stereocenters. The molecule has 4 aromatic carbocycles. The van der Waals surface area contributed by atoms with Gasteiger partial charge < -0.3 is 19.8 Å². The van der Waals surface area contributed by atoms with E-state index >= 15 is 0 Å². The van der Waals surface area contributed by atoms with Crippen LogP contribution in [0.15, 0.2) is 89.3 Å². The summed E-state index contributed by atoms with van der Waals surface area (Å²) in [6, 6.07) is 23.6. The van der Waals surface area contributed by atoms with Crippen LogP contribution in [0.5, 0.6) is 11.5 Å². The summed E-state index contributed by atoms with van der Waals surface area (Å²) >= 11 is 0. The molecular weight excluding hydrogens is 605 g/mol. The predicted octanol–water partition coefficient (Wildman–Crippen LogP) is 7.71. The van der Waals surface area contributed by atoms with Crippen LogP contribution in [0.25, 0.3) is 33.4 Å². The second-order valence-corrected chi connectivity index (χ2v) is 13.0. The molecule has 5 rings (SSSR count). The Kier molecular flexibility index (Phi) is 9.29. The molecule has 0 radical (unpaired) electrons. The van der Waals surface area contributed by atoms with Gasteiger partial charge in [-0.25, -0.2) is 8.60 Å². The van der Waals surface area contributed by atoms with E-state index in [0.717, 1.165) is 0 Å². The molecule has 5 aromatic rings. The first-order valence-corrected chi connectivity index (χ1v) is 16.3. The van der Waals surface area contributed by atoms with E-state index < -0.39 is 22.3 Å². The van der Waals surface area contributed by atoms with Crippen LogP contribution in [0.2, 0.25) is 0 Å². The Balaban J connectivity index is 1.66. The van der Waals surface area contributed by atoms with E-state index in [1.807, 2.05) is 39.8 Å². The Morgan fingerprint density at radius 2 is 1.63 bits per heavy atom. The summed E-state index contributed by atoms with van der Waals surface area (Å²) < 4.78 is 40.4. The normalized spacial score (nSPS) is 12.1. The molecule has 8 nitrogen and oxygen atoms in total. The molecule has 0 saturated carbocycles. The second-order valence-electron chi connectivity index (χ2n) is 11.7. The molecule has 0 fully saturated rings. The Labute approximate surface area is 270 Å². The minimum Gasteiger partial charge on any atom is -0.457 e. The second kappa shape index (κ2) is 13.2. The van der Waals surface area contributed by atoms with Crippen molar-refractivity contribution in [2.24, 2.45) is 0 Å². The number of carbonyl (C=O) groups is 2. The van der Waals surface area contributed by atoms with Crippen LogP contribution in [0, 0.1) is 5.82 Å². The number of fused-ring (bicyclic) bond motifs is 1. The number of hydrogen-bond acceptors (Lipinski definition) is 5. The number of furan rings is 1. The van der Waals surface area contributed by atoms with E-state index in [9.17, 15) is 18.2 Å². The summed E-state index contributed by atoms with van der Waals surface area (Å²) in [5.41, 5.74) is 3.46. The number of anilines is 1. The van der Waals surface area contributed by atoms with Gasteiger partial charge in [0.25, 0.3) is 11.8 Å². The maximum Gasteiger partial charge on any atom is 0.255 e. The van der Waals surface area contributed by atoms with Crippen molar-refractivity contribution in [3.8, 4) is 33.9 Å². The van der Waals surface area contributed by atoms with Gasteiger partial charge in [0.1, 0.15) is 39.6 Å². The van der Waals surface area contributed by atoms with Crippen molar-refractivity contribution >= 4 is 39.5 Å². The number of ether oxygens (including phenoxy) is 1. The molecule has 0 spiro atoms. The van der Waals surface area contributed by atoms with Crippen LogP contribution >= 0.6 is 0 Å². The molecule has 1 unspecified atom stereocenters. The van der Waals surface area contributed by atoms with Crippen molar-refractivity contribution in [3.05, 3.63) is 102 Å². The molecule has 2 N–H and O–H groups in total. The quantitative estimate of drug-likeness (QED) is 0.172. The van der Waals surface area contributed by atoms with Crippen molar-refractivity contribution in [3.63, 3.8) is 0 Å². The number of rotatable bonds is 9. The zero-order valence-corrected chi connectivity index (χ0v) is 27.4. The third-order valence-corrected chi connectivity index (χ3v) is 8.27. The maximum absolute atomic E-state index is 13.6. The molecule has 0 bridgehead atoms. The van der Waals surface area contributed by atoms with E-state index in [4.69, 9.17) is 9.15 Å². The molecule has 1 heterocycles. The monoisotopic (exact) mass is 641 g/mol. The Bertz CT molecular complexity index is 1950. The molecule has 2 amide bonds. The van der Waals surface area contributed by atoms with Crippen molar-refractivity contribution in [1.29, 1.82) is 0 Å². The first kappa shape index (κ1) is 32.4. The lowest BCUT2D eigenvalue weighted by atomic mass is 9.97. The standard InChI is InChI=1S/C36H36FN3O5S/c1-7-40(46(6)43)30-21-31-29(20-28(30)23-10-8-11-24(18-23)34(41)39-36(2,3)4)32(35(42)38-5)33(45-31)22-14-16-26(17-15-22)44-27-13-9-12-25(37)19-27/h8-21H,7H2,1-6H3,(H,38,42)(H,39,41). The lowest BCUT2D eigenvalue weighted by Gasteiger charge is -2.23. The number of benzene rings is 4. The zero-order valence-electron chi connectivity index (χ0n) is 26.6. The molecular formula is C36H36FN3O5S. The fourth-order valence-electron chi connectivity index (χ4n) is 5.20. The third-order valence-electron chi connectivity index (χ3n) is 7.20. The van der Waals surface area contributed by atoms with Crippen LogP contribution in [0.1, 0.15) is 48.4 Å². The lowest BCUT2D eigenvalue weighted by molar-refractivity contribution is 0.0918. The lowest BCUT2D eigenvalue weighted by Crippen LogP contribution is -2.40. The molecule has 0 aliphatic carbocycles. The largest absolute Gasteiger partial charge is 0.457 e. The Morgan fingerprint density at radius 3 is 2.26 bits per heavy atom. The molecule has 0 saturated heterocycles. The number of nitrogens with one attached hydrogen (secondary N) is 2. The third kappa shape index (κ3) is 6.97. The van der Waals surface area contributed by atoms with Crippen LogP contribution in [-0.4, -0.2) is 41.4 Å². The first-order chi connectivity index (χ1) is 21.9. The predicted molar refractivity (Wildman–Crippen MR) is 181 cm³/mol. The van der Waals surface area contributed by atoms with Crippen LogP contribution in [-0.2, 0) is 11.0 Å². The summed E-state index contributed by atoms with van der Waals surface area (Å²) in [6.45, 7) is 8.09. The van der Waals surface area contributed by atoms with Crippen molar-refractivity contribution in [2.75, 3.05) is 24.2 Å². The van der Waals surface area contributed by atoms with Gasteiger partial charge in [-0.3, -0.25) is 13.9 Å². The smallest absolute Gasteiger partial charge is 0.255 e. The highest BCUT2D eigenvalue weighted by Gasteiger charge is 2.26. The summed E-state index contributed by atoms with van der Waals surface area (Å²) in [7, 11) is 0.169. The number of nitrogens with zero attached hydrogens (tertiary/aromatic N) is 1. The highest BCUT2D eigenvalue weighted by molar-refractivity contribution is 7.85.